The molecule has 206 valence electrons. The van der Waals surface area contributed by atoms with Gasteiger partial charge in [0.05, 0.1) is 31.7 Å². The number of aromatic hydroxyl groups is 1. The van der Waals surface area contributed by atoms with Crippen LogP contribution in [-0.2, 0) is 0 Å². The van der Waals surface area contributed by atoms with Crippen molar-refractivity contribution in [3.63, 3.8) is 0 Å². The topological polar surface area (TPSA) is 103 Å². The molecule has 0 saturated heterocycles. The van der Waals surface area contributed by atoms with Gasteiger partial charge >= 0.3 is 0 Å². The molecule has 8 nitrogen and oxygen atoms in total. The molecule has 0 fully saturated rings. The number of benzene rings is 1. The van der Waals surface area contributed by atoms with Gasteiger partial charge in [0.15, 0.2) is 5.01 Å². The van der Waals surface area contributed by atoms with Crippen molar-refractivity contribution in [1.82, 2.24) is 25.0 Å². The van der Waals surface area contributed by atoms with Gasteiger partial charge in [-0.25, -0.2) is 0 Å². The van der Waals surface area contributed by atoms with E-state index in [4.69, 9.17) is 5.73 Å². The smallest absolute Gasteiger partial charge is 0.236 e. The zero-order valence-corrected chi connectivity index (χ0v) is 25.0. The Balaban J connectivity index is 0.000000265. The Morgan fingerprint density at radius 1 is 0.892 bits per heavy atom. The third kappa shape index (κ3) is 9.57. The van der Waals surface area contributed by atoms with Crippen molar-refractivity contribution in [1.29, 1.82) is 0 Å². The molecule has 3 aromatic rings. The molecule has 2 heterocycles. The molecule has 10 heteroatoms. The van der Waals surface area contributed by atoms with Crippen LogP contribution >= 0.6 is 23.1 Å². The Hall–Kier alpha value is -2.17. The van der Waals surface area contributed by atoms with Gasteiger partial charge in [0.2, 0.25) is 16.2 Å². The van der Waals surface area contributed by atoms with Crippen molar-refractivity contribution in [2.45, 2.75) is 84.2 Å². The molecule has 0 spiro atoms. The van der Waals surface area contributed by atoms with Crippen molar-refractivity contribution in [3.05, 3.63) is 24.3 Å². The number of phenolic OH excluding ortho intramolecular Hbond substituents is 1. The average molecular weight is 549 g/mol. The quantitative estimate of drug-likeness (QED) is 0.159. The van der Waals surface area contributed by atoms with E-state index < -0.39 is 0 Å². The molecule has 37 heavy (non-hydrogen) atoms. The van der Waals surface area contributed by atoms with Crippen LogP contribution in [0.15, 0.2) is 29.4 Å². The van der Waals surface area contributed by atoms with Crippen LogP contribution in [0.4, 0.5) is 5.95 Å². The molecule has 1 aromatic carbocycles. The second kappa shape index (κ2) is 16.6. The molecule has 0 aliphatic rings. The number of hydrogen-bond donors (Lipinski definition) is 2. The first-order valence-corrected chi connectivity index (χ1v) is 15.7. The standard InChI is InChI=1S/C16H36N.C11H10N6OS2/c1-5-9-13-17(14-10-6-2,15-11-7-3)16-12-8-4;1-19-10-13-9(12)17(16-10)11-15-14-8(20-11)6-4-2-3-5-7(6)18/h5-16H2,1-4H3;2-5,18H,1H3,(H2,12,13,16)/q+1;. The molecule has 0 saturated carbocycles. The summed E-state index contributed by atoms with van der Waals surface area (Å²) in [6, 6.07) is 6.95. The van der Waals surface area contributed by atoms with Gasteiger partial charge < -0.3 is 15.3 Å². The highest BCUT2D eigenvalue weighted by Crippen LogP contribution is 2.32. The number of unbranched alkanes of at least 4 members (excludes halogenated alkanes) is 4. The maximum absolute atomic E-state index is 9.82. The summed E-state index contributed by atoms with van der Waals surface area (Å²) < 4.78 is 2.86. The molecular formula is C27H46N7OS2+. The minimum atomic E-state index is 0.159. The summed E-state index contributed by atoms with van der Waals surface area (Å²) >= 11 is 2.68. The van der Waals surface area contributed by atoms with E-state index in [1.165, 1.54) is 110 Å². The second-order valence-electron chi connectivity index (χ2n) is 9.43. The lowest BCUT2D eigenvalue weighted by Gasteiger charge is -2.39. The molecule has 0 amide bonds. The normalized spacial score (nSPS) is 11.4. The monoisotopic (exact) mass is 548 g/mol. The van der Waals surface area contributed by atoms with E-state index in [0.29, 0.717) is 20.9 Å². The fourth-order valence-corrected chi connectivity index (χ4v) is 5.43. The van der Waals surface area contributed by atoms with E-state index in [0.717, 1.165) is 0 Å². The number of phenols is 1. The van der Waals surface area contributed by atoms with Gasteiger partial charge in [-0.2, -0.15) is 9.67 Å². The summed E-state index contributed by atoms with van der Waals surface area (Å²) in [5, 5.41) is 23.8. The molecule has 0 radical (unpaired) electrons. The van der Waals surface area contributed by atoms with E-state index >= 15 is 0 Å². The number of rotatable bonds is 15. The lowest BCUT2D eigenvalue weighted by Crippen LogP contribution is -2.50. The van der Waals surface area contributed by atoms with Crippen LogP contribution in [0.2, 0.25) is 0 Å². The van der Waals surface area contributed by atoms with Gasteiger partial charge in [-0.3, -0.25) is 0 Å². The minimum Gasteiger partial charge on any atom is -0.507 e. The lowest BCUT2D eigenvalue weighted by atomic mass is 10.1. The SMILES string of the molecule is CCCC[N+](CCCC)(CCCC)CCCC.CSc1nc(N)n(-c2nnc(-c3ccccc3O)s2)n1. The summed E-state index contributed by atoms with van der Waals surface area (Å²) in [5.74, 6) is 0.417. The average Bonchev–Trinajstić information content (AvgIpc) is 3.55. The van der Waals surface area contributed by atoms with Crippen LogP contribution in [0, 0.1) is 0 Å². The van der Waals surface area contributed by atoms with Crippen molar-refractivity contribution in [2.75, 3.05) is 38.2 Å². The summed E-state index contributed by atoms with van der Waals surface area (Å²) in [6.07, 6.45) is 12.9. The first-order valence-electron chi connectivity index (χ1n) is 13.7. The number of nitrogens with zero attached hydrogens (tertiary/aromatic N) is 6. The summed E-state index contributed by atoms with van der Waals surface area (Å²) in [7, 11) is 0. The first-order chi connectivity index (χ1) is 17.9. The maximum atomic E-state index is 9.82. The largest absolute Gasteiger partial charge is 0.507 e. The van der Waals surface area contributed by atoms with Crippen LogP contribution < -0.4 is 5.73 Å². The number of thioether (sulfide) groups is 1. The Bertz CT molecular complexity index is 1000. The summed E-state index contributed by atoms with van der Waals surface area (Å²) in [5.41, 5.74) is 6.42. The molecular weight excluding hydrogens is 502 g/mol. The Morgan fingerprint density at radius 2 is 1.43 bits per heavy atom. The van der Waals surface area contributed by atoms with Crippen molar-refractivity contribution in [3.8, 4) is 21.5 Å². The van der Waals surface area contributed by atoms with Gasteiger partial charge in [0, 0.05) is 0 Å². The van der Waals surface area contributed by atoms with E-state index in [9.17, 15) is 5.11 Å². The molecule has 0 bridgehead atoms. The van der Waals surface area contributed by atoms with Crippen molar-refractivity contribution in [2.24, 2.45) is 0 Å². The number of quaternary nitrogens is 1. The Labute approximate surface area is 231 Å². The van der Waals surface area contributed by atoms with E-state index in [1.54, 1.807) is 18.2 Å². The maximum Gasteiger partial charge on any atom is 0.236 e. The summed E-state index contributed by atoms with van der Waals surface area (Å²) in [6.45, 7) is 15.0. The predicted octanol–water partition coefficient (Wildman–Crippen LogP) is 6.80. The number of nitrogen functional groups attached to an aromatic ring is 1. The zero-order valence-electron chi connectivity index (χ0n) is 23.3. The van der Waals surface area contributed by atoms with Gasteiger partial charge in [-0.05, 0) is 44.1 Å². The van der Waals surface area contributed by atoms with Gasteiger partial charge in [0.1, 0.15) is 5.75 Å². The zero-order chi connectivity index (χ0) is 27.1. The third-order valence-electron chi connectivity index (χ3n) is 6.47. The predicted molar refractivity (Wildman–Crippen MR) is 157 cm³/mol. The fourth-order valence-electron chi connectivity index (χ4n) is 4.24. The molecule has 3 N–H and O–H groups in total. The number of aromatic nitrogens is 5. The molecule has 0 aliphatic heterocycles. The van der Waals surface area contributed by atoms with Crippen LogP contribution in [0.5, 0.6) is 5.75 Å². The van der Waals surface area contributed by atoms with Crippen molar-refractivity contribution < 1.29 is 9.59 Å². The Morgan fingerprint density at radius 3 is 1.89 bits per heavy atom. The number of nitrogens with two attached hydrogens (primary N) is 1. The highest BCUT2D eigenvalue weighted by molar-refractivity contribution is 7.98. The highest BCUT2D eigenvalue weighted by atomic mass is 32.2. The number of anilines is 1. The van der Waals surface area contributed by atoms with E-state index in [1.807, 2.05) is 12.3 Å². The molecule has 0 aliphatic carbocycles. The van der Waals surface area contributed by atoms with Gasteiger partial charge in [-0.1, -0.05) is 88.6 Å². The van der Waals surface area contributed by atoms with Crippen molar-refractivity contribution >= 4 is 29.0 Å². The van der Waals surface area contributed by atoms with Gasteiger partial charge in [-0.15, -0.1) is 15.3 Å². The molecule has 0 atom stereocenters. The Kier molecular flexibility index (Phi) is 14.0. The minimum absolute atomic E-state index is 0.159. The third-order valence-corrected chi connectivity index (χ3v) is 7.94. The van der Waals surface area contributed by atoms with Crippen LogP contribution in [0.1, 0.15) is 79.1 Å². The van der Waals surface area contributed by atoms with Crippen LogP contribution in [0.3, 0.4) is 0 Å². The first kappa shape index (κ1) is 31.1. The van der Waals surface area contributed by atoms with Crippen LogP contribution in [0.25, 0.3) is 15.7 Å². The van der Waals surface area contributed by atoms with Crippen LogP contribution in [-0.4, -0.2) is 67.0 Å². The summed E-state index contributed by atoms with van der Waals surface area (Å²) in [4.78, 5) is 4.09. The second-order valence-corrected chi connectivity index (χ2v) is 11.2. The fraction of sp³-hybridized carbons (Fsp3) is 0.630. The van der Waals surface area contributed by atoms with E-state index in [2.05, 4.69) is 48.0 Å². The highest BCUT2D eigenvalue weighted by Gasteiger charge is 2.24. The van der Waals surface area contributed by atoms with E-state index in [-0.39, 0.29) is 11.7 Å². The van der Waals surface area contributed by atoms with Gasteiger partial charge in [0.25, 0.3) is 0 Å². The molecule has 0 unspecified atom stereocenters. The molecule has 3 rings (SSSR count). The number of para-hydroxylation sites is 1. The number of hydrogen-bond acceptors (Lipinski definition) is 8. The molecule has 2 aromatic heterocycles. The lowest BCUT2D eigenvalue weighted by molar-refractivity contribution is -0.929.